The molecular weight excluding hydrogens is 464 g/mol. The minimum Gasteiger partial charge on any atom is -0.394 e. The van der Waals surface area contributed by atoms with Crippen molar-refractivity contribution in [2.75, 3.05) is 25.0 Å². The number of hydrogen-bond acceptors (Lipinski definition) is 3. The number of carbonyl (C=O) groups is 2. The van der Waals surface area contributed by atoms with Crippen molar-refractivity contribution < 1.29 is 23.5 Å². The molecule has 0 spiro atoms. The van der Waals surface area contributed by atoms with Crippen LogP contribution in [0.15, 0.2) is 72.8 Å². The summed E-state index contributed by atoms with van der Waals surface area (Å²) in [5, 5.41) is 12.5. The average molecular weight is 488 g/mol. The summed E-state index contributed by atoms with van der Waals surface area (Å²) >= 11 is 0. The minimum atomic E-state index is -0.555. The first-order valence-electron chi connectivity index (χ1n) is 11.5. The molecule has 182 valence electrons. The van der Waals surface area contributed by atoms with Crippen LogP contribution in [0.1, 0.15) is 22.6 Å². The Labute approximate surface area is 207 Å². The van der Waals surface area contributed by atoms with Gasteiger partial charge in [0.25, 0.3) is 0 Å². The topological polar surface area (TPSA) is 72.9 Å². The van der Waals surface area contributed by atoms with Crippen LogP contribution in [-0.4, -0.2) is 58.6 Å². The van der Waals surface area contributed by atoms with E-state index in [0.29, 0.717) is 5.56 Å². The van der Waals surface area contributed by atoms with Gasteiger partial charge in [0.1, 0.15) is 18.2 Å². The van der Waals surface area contributed by atoms with E-state index in [2.05, 4.69) is 17.2 Å². The summed E-state index contributed by atoms with van der Waals surface area (Å²) in [6.07, 6.45) is 0. The lowest BCUT2D eigenvalue weighted by Crippen LogP contribution is -2.73. The highest BCUT2D eigenvalue weighted by molar-refractivity contribution is 5.94. The van der Waals surface area contributed by atoms with Gasteiger partial charge in [-0.1, -0.05) is 36.1 Å². The van der Waals surface area contributed by atoms with Crippen LogP contribution < -0.4 is 5.32 Å². The number of halogens is 2. The molecule has 3 atom stereocenters. The van der Waals surface area contributed by atoms with E-state index in [9.17, 15) is 23.5 Å². The van der Waals surface area contributed by atoms with Crippen molar-refractivity contribution in [2.24, 2.45) is 0 Å². The Balaban J connectivity index is 1.31. The van der Waals surface area contributed by atoms with E-state index in [4.69, 9.17) is 0 Å². The van der Waals surface area contributed by atoms with E-state index in [1.54, 1.807) is 23.1 Å². The van der Waals surface area contributed by atoms with Gasteiger partial charge in [0, 0.05) is 23.6 Å². The quantitative estimate of drug-likeness (QED) is 0.555. The lowest BCUT2D eigenvalue weighted by Gasteiger charge is -2.58. The van der Waals surface area contributed by atoms with E-state index >= 15 is 0 Å². The first-order chi connectivity index (χ1) is 17.4. The number of benzene rings is 3. The first kappa shape index (κ1) is 23.5. The van der Waals surface area contributed by atoms with Gasteiger partial charge in [-0.15, -0.1) is 0 Å². The molecule has 6 nitrogen and oxygen atoms in total. The molecule has 3 amide bonds. The van der Waals surface area contributed by atoms with E-state index in [1.165, 1.54) is 35.2 Å². The maximum atomic E-state index is 14.0. The molecule has 3 aromatic rings. The highest BCUT2D eigenvalue weighted by Crippen LogP contribution is 2.43. The number of fused-ring (bicyclic) bond motifs is 1. The van der Waals surface area contributed by atoms with E-state index in [-0.39, 0.29) is 55.1 Å². The van der Waals surface area contributed by atoms with Crippen LogP contribution in [0.4, 0.5) is 19.3 Å². The largest absolute Gasteiger partial charge is 0.394 e. The molecule has 8 heteroatoms. The fourth-order valence-corrected chi connectivity index (χ4v) is 4.88. The van der Waals surface area contributed by atoms with Crippen LogP contribution in [-0.2, 0) is 4.79 Å². The number of piperazine rings is 1. The van der Waals surface area contributed by atoms with Gasteiger partial charge in [-0.3, -0.25) is 4.79 Å². The van der Waals surface area contributed by atoms with Gasteiger partial charge in [-0.2, -0.15) is 0 Å². The average Bonchev–Trinajstić information content (AvgIpc) is 2.87. The molecule has 2 saturated heterocycles. The zero-order valence-electron chi connectivity index (χ0n) is 19.2. The molecule has 3 aromatic carbocycles. The predicted molar refractivity (Wildman–Crippen MR) is 130 cm³/mol. The summed E-state index contributed by atoms with van der Waals surface area (Å²) in [6, 6.07) is 18.1. The summed E-state index contributed by atoms with van der Waals surface area (Å²) in [6.45, 7) is -0.0717. The van der Waals surface area contributed by atoms with Crippen molar-refractivity contribution in [2.45, 2.75) is 18.0 Å². The van der Waals surface area contributed by atoms with Crippen molar-refractivity contribution in [3.8, 4) is 11.8 Å². The van der Waals surface area contributed by atoms with Gasteiger partial charge >= 0.3 is 6.03 Å². The van der Waals surface area contributed by atoms with Gasteiger partial charge < -0.3 is 20.2 Å². The summed E-state index contributed by atoms with van der Waals surface area (Å²) < 4.78 is 27.0. The van der Waals surface area contributed by atoms with Crippen LogP contribution in [0.3, 0.4) is 0 Å². The Morgan fingerprint density at radius 3 is 2.25 bits per heavy atom. The lowest BCUT2D eigenvalue weighted by molar-refractivity contribution is -0.159. The molecule has 2 fully saturated rings. The number of anilines is 1. The molecule has 2 aliphatic rings. The fourth-order valence-electron chi connectivity index (χ4n) is 4.88. The maximum Gasteiger partial charge on any atom is 0.322 e. The third-order valence-electron chi connectivity index (χ3n) is 6.65. The van der Waals surface area contributed by atoms with Crippen molar-refractivity contribution >= 4 is 17.6 Å². The first-order valence-corrected chi connectivity index (χ1v) is 11.5. The summed E-state index contributed by atoms with van der Waals surface area (Å²) in [5.74, 6) is 4.74. The van der Waals surface area contributed by atoms with Crippen molar-refractivity contribution in [1.82, 2.24) is 9.80 Å². The smallest absolute Gasteiger partial charge is 0.322 e. The number of amides is 3. The number of aliphatic hydroxyl groups excluding tert-OH is 1. The molecule has 2 aliphatic heterocycles. The maximum absolute atomic E-state index is 14.0. The van der Waals surface area contributed by atoms with Crippen LogP contribution in [0.2, 0.25) is 0 Å². The number of nitrogens with one attached hydrogen (secondary N) is 1. The Bertz CT molecular complexity index is 1350. The van der Waals surface area contributed by atoms with Gasteiger partial charge in [-0.25, -0.2) is 13.6 Å². The third-order valence-corrected chi connectivity index (χ3v) is 6.65. The number of hydrogen-bond donors (Lipinski definition) is 2. The van der Waals surface area contributed by atoms with Gasteiger partial charge in [-0.05, 0) is 54.1 Å². The van der Waals surface area contributed by atoms with Crippen LogP contribution in [0.5, 0.6) is 0 Å². The second kappa shape index (κ2) is 9.80. The van der Waals surface area contributed by atoms with Gasteiger partial charge in [0.15, 0.2) is 0 Å². The van der Waals surface area contributed by atoms with Crippen molar-refractivity contribution in [1.29, 1.82) is 0 Å². The van der Waals surface area contributed by atoms with E-state index < -0.39 is 11.8 Å². The van der Waals surface area contributed by atoms with Crippen molar-refractivity contribution in [3.05, 3.63) is 101 Å². The van der Waals surface area contributed by atoms with Crippen LogP contribution in [0.25, 0.3) is 0 Å². The molecule has 0 aromatic heterocycles. The SMILES string of the molecule is O=C(Nc1ccccc1F)N1CC(=O)N2[C@H](C1)[C@@H](c1ccc(C#Cc3ccc(F)cc3)cc1)[C@@H]2CO. The number of carbonyl (C=O) groups excluding carboxylic acids is 2. The molecule has 0 bridgehead atoms. The second-order valence-electron chi connectivity index (χ2n) is 8.81. The molecule has 0 aliphatic carbocycles. The highest BCUT2D eigenvalue weighted by Gasteiger charge is 2.54. The van der Waals surface area contributed by atoms with E-state index in [1.807, 2.05) is 24.3 Å². The molecule has 0 radical (unpaired) electrons. The fraction of sp³-hybridized carbons (Fsp3) is 0.214. The molecule has 2 N–H and O–H groups in total. The molecule has 5 rings (SSSR count). The van der Waals surface area contributed by atoms with E-state index in [0.717, 1.165) is 11.1 Å². The van der Waals surface area contributed by atoms with Gasteiger partial charge in [0.2, 0.25) is 5.91 Å². The molecule has 36 heavy (non-hydrogen) atoms. The summed E-state index contributed by atoms with van der Waals surface area (Å²) in [4.78, 5) is 28.6. The lowest BCUT2D eigenvalue weighted by atomic mass is 9.73. The minimum absolute atomic E-state index is 0.0492. The number of nitrogens with zero attached hydrogens (tertiary/aromatic N) is 2. The Morgan fingerprint density at radius 1 is 0.972 bits per heavy atom. The zero-order chi connectivity index (χ0) is 25.2. The summed E-state index contributed by atoms with van der Waals surface area (Å²) in [5.41, 5.74) is 2.44. The van der Waals surface area contributed by atoms with Crippen LogP contribution in [0, 0.1) is 23.5 Å². The third kappa shape index (κ3) is 4.53. The number of urea groups is 1. The monoisotopic (exact) mass is 487 g/mol. The Kier molecular flexibility index (Phi) is 6.40. The number of para-hydroxylation sites is 1. The normalized spacial score (nSPS) is 20.6. The number of aliphatic hydroxyl groups is 1. The molecule has 2 heterocycles. The van der Waals surface area contributed by atoms with Crippen LogP contribution >= 0.6 is 0 Å². The highest BCUT2D eigenvalue weighted by atomic mass is 19.1. The standard InChI is InChI=1S/C28H23F2N3O3/c29-21-13-9-19(10-14-21)6-5-18-7-11-20(12-8-18)27-24-15-32(16-26(35)33(24)25(27)17-34)28(36)31-23-4-2-1-3-22(23)30/h1-4,7-14,24-25,27,34H,15-17H2,(H,31,36)/t24-,25+,27-/m1/s1. The molecular formula is C28H23F2N3O3. The van der Waals surface area contributed by atoms with Gasteiger partial charge in [0.05, 0.1) is 24.4 Å². The predicted octanol–water partition coefficient (Wildman–Crippen LogP) is 3.57. The molecule has 0 saturated carbocycles. The Morgan fingerprint density at radius 2 is 1.61 bits per heavy atom. The molecule has 0 unspecified atom stereocenters. The summed E-state index contributed by atoms with van der Waals surface area (Å²) in [7, 11) is 0. The van der Waals surface area contributed by atoms with Crippen molar-refractivity contribution in [3.63, 3.8) is 0 Å². The number of rotatable bonds is 3. The zero-order valence-corrected chi connectivity index (χ0v) is 19.2. The Hall–Kier alpha value is -4.22. The second-order valence-corrected chi connectivity index (χ2v) is 8.81.